The number of amides is 1. The Bertz CT molecular complexity index is 877. The van der Waals surface area contributed by atoms with Gasteiger partial charge in [-0.15, -0.1) is 0 Å². The smallest absolute Gasteiger partial charge is 0.243 e. The van der Waals surface area contributed by atoms with E-state index in [1.165, 1.54) is 4.31 Å². The van der Waals surface area contributed by atoms with Crippen molar-refractivity contribution in [2.45, 2.75) is 24.3 Å². The fourth-order valence-electron chi connectivity index (χ4n) is 2.97. The Morgan fingerprint density at radius 2 is 1.73 bits per heavy atom. The summed E-state index contributed by atoms with van der Waals surface area (Å²) in [5.41, 5.74) is 1.61. The molecule has 0 atom stereocenters. The lowest BCUT2D eigenvalue weighted by atomic mass is 10.2. The Hall–Kier alpha value is -2.38. The molecule has 6 nitrogen and oxygen atoms in total. The van der Waals surface area contributed by atoms with Gasteiger partial charge in [-0.05, 0) is 48.4 Å². The number of carbonyl (C=O) groups excluding carboxylic acids is 1. The SMILES string of the molecule is COc1ccc(CN(C)S(=O)(=O)c2ccc(N3CCCC3=O)cc2)cc1. The van der Waals surface area contributed by atoms with E-state index in [-0.39, 0.29) is 17.3 Å². The Balaban J connectivity index is 1.74. The first-order chi connectivity index (χ1) is 12.4. The zero-order valence-corrected chi connectivity index (χ0v) is 15.7. The average Bonchev–Trinajstić information content (AvgIpc) is 3.08. The molecule has 1 aliphatic heterocycles. The van der Waals surface area contributed by atoms with Crippen molar-refractivity contribution in [3.63, 3.8) is 0 Å². The predicted molar refractivity (Wildman–Crippen MR) is 99.7 cm³/mol. The van der Waals surface area contributed by atoms with Crippen LogP contribution in [-0.2, 0) is 21.4 Å². The van der Waals surface area contributed by atoms with Crippen molar-refractivity contribution in [3.05, 3.63) is 54.1 Å². The van der Waals surface area contributed by atoms with Gasteiger partial charge in [0.15, 0.2) is 0 Å². The zero-order chi connectivity index (χ0) is 18.7. The molecule has 138 valence electrons. The number of nitrogens with zero attached hydrogens (tertiary/aromatic N) is 2. The number of rotatable bonds is 6. The van der Waals surface area contributed by atoms with Gasteiger partial charge >= 0.3 is 0 Å². The van der Waals surface area contributed by atoms with Crippen LogP contribution < -0.4 is 9.64 Å². The molecular weight excluding hydrogens is 352 g/mol. The van der Waals surface area contributed by atoms with Crippen LogP contribution >= 0.6 is 0 Å². The number of sulfonamides is 1. The normalized spacial score (nSPS) is 14.9. The summed E-state index contributed by atoms with van der Waals surface area (Å²) in [7, 11) is -0.467. The van der Waals surface area contributed by atoms with Crippen LogP contribution in [0.4, 0.5) is 5.69 Å². The molecule has 0 aliphatic carbocycles. The summed E-state index contributed by atoms with van der Waals surface area (Å²) in [5.74, 6) is 0.809. The summed E-state index contributed by atoms with van der Waals surface area (Å²) in [6.07, 6.45) is 1.38. The molecule has 1 fully saturated rings. The van der Waals surface area contributed by atoms with Crippen molar-refractivity contribution in [3.8, 4) is 5.75 Å². The minimum absolute atomic E-state index is 0.0808. The van der Waals surface area contributed by atoms with Gasteiger partial charge in [-0.1, -0.05) is 12.1 Å². The molecule has 0 radical (unpaired) electrons. The van der Waals surface area contributed by atoms with Gasteiger partial charge in [0.05, 0.1) is 12.0 Å². The number of benzene rings is 2. The van der Waals surface area contributed by atoms with E-state index in [2.05, 4.69) is 0 Å². The van der Waals surface area contributed by atoms with Gasteiger partial charge in [0, 0.05) is 32.2 Å². The minimum Gasteiger partial charge on any atom is -0.497 e. The molecule has 0 N–H and O–H groups in total. The number of hydrogen-bond donors (Lipinski definition) is 0. The fourth-order valence-corrected chi connectivity index (χ4v) is 4.13. The summed E-state index contributed by atoms with van der Waals surface area (Å²) in [5, 5.41) is 0. The maximum Gasteiger partial charge on any atom is 0.243 e. The summed E-state index contributed by atoms with van der Waals surface area (Å²) < 4.78 is 32.0. The van der Waals surface area contributed by atoms with E-state index in [0.717, 1.165) is 23.4 Å². The highest BCUT2D eigenvalue weighted by Crippen LogP contribution is 2.24. The molecular formula is C19H22N2O4S. The number of anilines is 1. The van der Waals surface area contributed by atoms with Gasteiger partial charge in [0.1, 0.15) is 5.75 Å². The quantitative estimate of drug-likeness (QED) is 0.780. The van der Waals surface area contributed by atoms with Crippen LogP contribution in [0.5, 0.6) is 5.75 Å². The van der Waals surface area contributed by atoms with Crippen LogP contribution in [0.15, 0.2) is 53.4 Å². The van der Waals surface area contributed by atoms with Crippen LogP contribution in [0.2, 0.25) is 0 Å². The predicted octanol–water partition coefficient (Wildman–Crippen LogP) is 2.64. The van der Waals surface area contributed by atoms with Crippen molar-refractivity contribution in [1.29, 1.82) is 0 Å². The second-order valence-electron chi connectivity index (χ2n) is 6.25. The third-order valence-electron chi connectivity index (χ3n) is 4.49. The number of methoxy groups -OCH3 is 1. The van der Waals surface area contributed by atoms with Crippen molar-refractivity contribution in [1.82, 2.24) is 4.31 Å². The number of carbonyl (C=O) groups is 1. The third-order valence-corrected chi connectivity index (χ3v) is 6.31. The summed E-state index contributed by atoms with van der Waals surface area (Å²) in [6, 6.07) is 13.8. The molecule has 0 spiro atoms. The van der Waals surface area contributed by atoms with Gasteiger partial charge in [0.2, 0.25) is 15.9 Å². The van der Waals surface area contributed by atoms with E-state index >= 15 is 0 Å². The lowest BCUT2D eigenvalue weighted by Crippen LogP contribution is -2.27. The molecule has 0 bridgehead atoms. The van der Waals surface area contributed by atoms with E-state index in [4.69, 9.17) is 4.74 Å². The first-order valence-electron chi connectivity index (χ1n) is 8.41. The first-order valence-corrected chi connectivity index (χ1v) is 9.85. The van der Waals surface area contributed by atoms with Crippen LogP contribution in [-0.4, -0.2) is 39.3 Å². The van der Waals surface area contributed by atoms with E-state index in [9.17, 15) is 13.2 Å². The highest BCUT2D eigenvalue weighted by molar-refractivity contribution is 7.89. The van der Waals surface area contributed by atoms with E-state index in [1.54, 1.807) is 55.5 Å². The van der Waals surface area contributed by atoms with Crippen LogP contribution in [0.1, 0.15) is 18.4 Å². The van der Waals surface area contributed by atoms with Crippen LogP contribution in [0, 0.1) is 0 Å². The summed E-state index contributed by atoms with van der Waals surface area (Å²) in [4.78, 5) is 13.7. The van der Waals surface area contributed by atoms with Crippen molar-refractivity contribution in [2.24, 2.45) is 0 Å². The molecule has 0 unspecified atom stereocenters. The highest BCUT2D eigenvalue weighted by atomic mass is 32.2. The van der Waals surface area contributed by atoms with Gasteiger partial charge in [-0.2, -0.15) is 4.31 Å². The third kappa shape index (κ3) is 3.73. The van der Waals surface area contributed by atoms with E-state index < -0.39 is 10.0 Å². The van der Waals surface area contributed by atoms with Gasteiger partial charge < -0.3 is 9.64 Å². The van der Waals surface area contributed by atoms with Crippen molar-refractivity contribution < 1.29 is 17.9 Å². The molecule has 2 aromatic rings. The highest BCUT2D eigenvalue weighted by Gasteiger charge is 2.24. The van der Waals surface area contributed by atoms with E-state index in [1.807, 2.05) is 12.1 Å². The molecule has 7 heteroatoms. The van der Waals surface area contributed by atoms with Gasteiger partial charge in [-0.3, -0.25) is 4.79 Å². The fraction of sp³-hybridized carbons (Fsp3) is 0.316. The maximum absolute atomic E-state index is 12.8. The largest absolute Gasteiger partial charge is 0.497 e. The van der Waals surface area contributed by atoms with E-state index in [0.29, 0.717) is 13.0 Å². The van der Waals surface area contributed by atoms with Crippen molar-refractivity contribution >= 4 is 21.6 Å². The van der Waals surface area contributed by atoms with Crippen LogP contribution in [0.3, 0.4) is 0 Å². The first kappa shape index (κ1) is 18.4. The molecule has 0 aromatic heterocycles. The molecule has 1 amide bonds. The molecule has 3 rings (SSSR count). The minimum atomic E-state index is -3.61. The number of hydrogen-bond acceptors (Lipinski definition) is 4. The Kier molecular flexibility index (Phi) is 5.29. The molecule has 1 heterocycles. The molecule has 2 aromatic carbocycles. The Labute approximate surface area is 154 Å². The Morgan fingerprint density at radius 1 is 1.08 bits per heavy atom. The molecule has 1 aliphatic rings. The lowest BCUT2D eigenvalue weighted by molar-refractivity contribution is -0.117. The zero-order valence-electron chi connectivity index (χ0n) is 14.9. The maximum atomic E-state index is 12.8. The topological polar surface area (TPSA) is 66.9 Å². The summed E-state index contributed by atoms with van der Waals surface area (Å²) >= 11 is 0. The average molecular weight is 374 g/mol. The molecule has 0 saturated carbocycles. The number of ether oxygens (including phenoxy) is 1. The van der Waals surface area contributed by atoms with Crippen molar-refractivity contribution in [2.75, 3.05) is 25.6 Å². The molecule has 1 saturated heterocycles. The molecule has 26 heavy (non-hydrogen) atoms. The summed E-state index contributed by atoms with van der Waals surface area (Å²) in [6.45, 7) is 0.945. The standard InChI is InChI=1S/C19H22N2O4S/c1-20(14-15-5-9-17(25-2)10-6-15)26(23,24)18-11-7-16(8-12-18)21-13-3-4-19(21)22/h5-12H,3-4,13-14H2,1-2H3. The Morgan fingerprint density at radius 3 is 2.27 bits per heavy atom. The second-order valence-corrected chi connectivity index (χ2v) is 8.30. The van der Waals surface area contributed by atoms with Gasteiger partial charge in [0.25, 0.3) is 0 Å². The lowest BCUT2D eigenvalue weighted by Gasteiger charge is -2.19. The second kappa shape index (κ2) is 7.47. The van der Waals surface area contributed by atoms with Crippen LogP contribution in [0.25, 0.3) is 0 Å². The van der Waals surface area contributed by atoms with Gasteiger partial charge in [-0.25, -0.2) is 8.42 Å². The monoisotopic (exact) mass is 374 g/mol.